The fraction of sp³-hybridized carbons (Fsp3) is 0.294. The maximum Gasteiger partial charge on any atom is 0.119 e. The molecule has 0 amide bonds. The second-order valence-corrected chi connectivity index (χ2v) is 5.94. The third-order valence-electron chi connectivity index (χ3n) is 3.62. The third-order valence-corrected chi connectivity index (χ3v) is 4.33. The number of halogens is 2. The average molecular weight is 338 g/mol. The molecule has 0 bridgehead atoms. The number of hydrogen-bond donors (Lipinski definition) is 1. The van der Waals surface area contributed by atoms with Gasteiger partial charge in [-0.25, -0.2) is 0 Å². The zero-order valence-corrected chi connectivity index (χ0v) is 13.5. The molecule has 116 valence electrons. The van der Waals surface area contributed by atoms with Crippen LogP contribution >= 0.6 is 23.2 Å². The molecule has 0 saturated carbocycles. The van der Waals surface area contributed by atoms with Gasteiger partial charge in [-0.3, -0.25) is 0 Å². The Hall–Kier alpha value is -1.26. The molecule has 1 aliphatic rings. The highest BCUT2D eigenvalue weighted by Crippen LogP contribution is 2.27. The van der Waals surface area contributed by atoms with Crippen molar-refractivity contribution in [2.45, 2.75) is 12.7 Å². The SMILES string of the molecule is Clc1cccc(Cl)c1COc1ccc([C@H]2CNCCO2)cc1. The lowest BCUT2D eigenvalue weighted by Gasteiger charge is -2.24. The van der Waals surface area contributed by atoms with Gasteiger partial charge in [0.05, 0.1) is 12.7 Å². The normalized spacial score (nSPS) is 18.2. The van der Waals surface area contributed by atoms with E-state index in [-0.39, 0.29) is 6.10 Å². The summed E-state index contributed by atoms with van der Waals surface area (Å²) in [5.41, 5.74) is 1.95. The summed E-state index contributed by atoms with van der Waals surface area (Å²) in [5, 5.41) is 4.55. The van der Waals surface area contributed by atoms with E-state index in [1.54, 1.807) is 0 Å². The molecule has 0 aliphatic carbocycles. The van der Waals surface area contributed by atoms with E-state index in [4.69, 9.17) is 32.7 Å². The van der Waals surface area contributed by atoms with Crippen LogP contribution in [0.1, 0.15) is 17.2 Å². The molecule has 2 aromatic rings. The summed E-state index contributed by atoms with van der Waals surface area (Å²) in [6, 6.07) is 13.4. The van der Waals surface area contributed by atoms with Crippen LogP contribution in [0.25, 0.3) is 0 Å². The molecule has 5 heteroatoms. The van der Waals surface area contributed by atoms with Gasteiger partial charge in [-0.2, -0.15) is 0 Å². The molecular weight excluding hydrogens is 321 g/mol. The minimum atomic E-state index is 0.112. The van der Waals surface area contributed by atoms with E-state index in [0.717, 1.165) is 36.6 Å². The van der Waals surface area contributed by atoms with Gasteiger partial charge < -0.3 is 14.8 Å². The minimum Gasteiger partial charge on any atom is -0.489 e. The van der Waals surface area contributed by atoms with Crippen molar-refractivity contribution in [2.75, 3.05) is 19.7 Å². The van der Waals surface area contributed by atoms with Gasteiger partial charge in [0.15, 0.2) is 0 Å². The number of benzene rings is 2. The standard InChI is InChI=1S/C17H17Cl2NO2/c18-15-2-1-3-16(19)14(15)11-22-13-6-4-12(5-7-13)17-10-20-8-9-21-17/h1-7,17,20H,8-11H2/t17-/m1/s1. The molecule has 3 nitrogen and oxygen atoms in total. The second-order valence-electron chi connectivity index (χ2n) is 5.12. The van der Waals surface area contributed by atoms with Crippen molar-refractivity contribution in [3.63, 3.8) is 0 Å². The van der Waals surface area contributed by atoms with Crippen molar-refractivity contribution in [3.05, 3.63) is 63.6 Å². The first-order chi connectivity index (χ1) is 10.7. The molecule has 22 heavy (non-hydrogen) atoms. The van der Waals surface area contributed by atoms with Crippen LogP contribution in [0.3, 0.4) is 0 Å². The Kier molecular flexibility index (Phi) is 5.21. The summed E-state index contributed by atoms with van der Waals surface area (Å²) in [6.45, 7) is 2.85. The molecule has 0 aromatic heterocycles. The van der Waals surface area contributed by atoms with Crippen LogP contribution in [0.2, 0.25) is 10.0 Å². The zero-order chi connectivity index (χ0) is 15.4. The minimum absolute atomic E-state index is 0.112. The summed E-state index contributed by atoms with van der Waals surface area (Å²) < 4.78 is 11.5. The maximum atomic E-state index is 6.13. The second kappa shape index (κ2) is 7.34. The molecule has 3 rings (SSSR count). The summed E-state index contributed by atoms with van der Waals surface area (Å²) in [4.78, 5) is 0. The summed E-state index contributed by atoms with van der Waals surface area (Å²) >= 11 is 12.3. The highest BCUT2D eigenvalue weighted by atomic mass is 35.5. The lowest BCUT2D eigenvalue weighted by atomic mass is 10.1. The van der Waals surface area contributed by atoms with Crippen molar-refractivity contribution in [1.29, 1.82) is 0 Å². The van der Waals surface area contributed by atoms with Gasteiger partial charge in [-0.1, -0.05) is 41.4 Å². The van der Waals surface area contributed by atoms with Crippen molar-refractivity contribution < 1.29 is 9.47 Å². The predicted octanol–water partition coefficient (Wildman–Crippen LogP) is 4.23. The monoisotopic (exact) mass is 337 g/mol. The summed E-state index contributed by atoms with van der Waals surface area (Å²) in [6.07, 6.45) is 0.112. The molecule has 1 N–H and O–H groups in total. The Morgan fingerprint density at radius 2 is 1.82 bits per heavy atom. The quantitative estimate of drug-likeness (QED) is 0.905. The fourth-order valence-electron chi connectivity index (χ4n) is 2.38. The highest BCUT2D eigenvalue weighted by molar-refractivity contribution is 6.35. The van der Waals surface area contributed by atoms with Gasteiger partial charge in [0.25, 0.3) is 0 Å². The summed E-state index contributed by atoms with van der Waals surface area (Å²) in [5.74, 6) is 0.781. The lowest BCUT2D eigenvalue weighted by Crippen LogP contribution is -2.33. The van der Waals surface area contributed by atoms with Gasteiger partial charge in [0, 0.05) is 28.7 Å². The van der Waals surface area contributed by atoms with Crippen molar-refractivity contribution in [1.82, 2.24) is 5.32 Å². The molecule has 1 heterocycles. The smallest absolute Gasteiger partial charge is 0.119 e. The predicted molar refractivity (Wildman–Crippen MR) is 88.8 cm³/mol. The molecule has 2 aromatic carbocycles. The zero-order valence-electron chi connectivity index (χ0n) is 12.0. The molecule has 0 unspecified atom stereocenters. The van der Waals surface area contributed by atoms with Crippen LogP contribution in [-0.2, 0) is 11.3 Å². The van der Waals surface area contributed by atoms with E-state index in [2.05, 4.69) is 5.32 Å². The largest absolute Gasteiger partial charge is 0.489 e. The van der Waals surface area contributed by atoms with Crippen molar-refractivity contribution in [3.8, 4) is 5.75 Å². The van der Waals surface area contributed by atoms with Crippen molar-refractivity contribution >= 4 is 23.2 Å². The Bertz CT molecular complexity index is 605. The molecular formula is C17H17Cl2NO2. The van der Waals surface area contributed by atoms with Crippen LogP contribution in [-0.4, -0.2) is 19.7 Å². The van der Waals surface area contributed by atoms with Crippen LogP contribution < -0.4 is 10.1 Å². The molecule has 0 radical (unpaired) electrons. The van der Waals surface area contributed by atoms with Crippen LogP contribution in [0.5, 0.6) is 5.75 Å². The average Bonchev–Trinajstić information content (AvgIpc) is 2.56. The van der Waals surface area contributed by atoms with Crippen molar-refractivity contribution in [2.24, 2.45) is 0 Å². The maximum absolute atomic E-state index is 6.13. The van der Waals surface area contributed by atoms with Gasteiger partial charge in [-0.15, -0.1) is 0 Å². The molecule has 0 spiro atoms. The number of rotatable bonds is 4. The Balaban J connectivity index is 1.64. The third kappa shape index (κ3) is 3.73. The molecule has 1 fully saturated rings. The Labute approximate surface area is 140 Å². The van der Waals surface area contributed by atoms with E-state index in [0.29, 0.717) is 16.7 Å². The first-order valence-electron chi connectivity index (χ1n) is 7.22. The van der Waals surface area contributed by atoms with Gasteiger partial charge in [-0.05, 0) is 29.8 Å². The van der Waals surface area contributed by atoms with Gasteiger partial charge >= 0.3 is 0 Å². The van der Waals surface area contributed by atoms with E-state index in [1.807, 2.05) is 42.5 Å². The van der Waals surface area contributed by atoms with E-state index < -0.39 is 0 Å². The fourth-order valence-corrected chi connectivity index (χ4v) is 2.89. The van der Waals surface area contributed by atoms with Crippen LogP contribution in [0.15, 0.2) is 42.5 Å². The number of nitrogens with one attached hydrogen (secondary N) is 1. The van der Waals surface area contributed by atoms with E-state index >= 15 is 0 Å². The Morgan fingerprint density at radius 1 is 1.09 bits per heavy atom. The number of ether oxygens (including phenoxy) is 2. The van der Waals surface area contributed by atoms with E-state index in [1.165, 1.54) is 0 Å². The van der Waals surface area contributed by atoms with Gasteiger partial charge in [0.2, 0.25) is 0 Å². The number of morpholine rings is 1. The molecule has 1 atom stereocenters. The van der Waals surface area contributed by atoms with Crippen LogP contribution in [0.4, 0.5) is 0 Å². The van der Waals surface area contributed by atoms with E-state index in [9.17, 15) is 0 Å². The van der Waals surface area contributed by atoms with Crippen LogP contribution in [0, 0.1) is 0 Å². The molecule has 1 aliphatic heterocycles. The lowest BCUT2D eigenvalue weighted by molar-refractivity contribution is 0.0277. The molecule has 1 saturated heterocycles. The first kappa shape index (κ1) is 15.6. The highest BCUT2D eigenvalue weighted by Gasteiger charge is 2.15. The number of hydrogen-bond acceptors (Lipinski definition) is 3. The summed E-state index contributed by atoms with van der Waals surface area (Å²) in [7, 11) is 0. The van der Waals surface area contributed by atoms with Gasteiger partial charge in [0.1, 0.15) is 12.4 Å². The Morgan fingerprint density at radius 3 is 2.45 bits per heavy atom. The first-order valence-corrected chi connectivity index (χ1v) is 7.97. The topological polar surface area (TPSA) is 30.5 Å².